The minimum Gasteiger partial charge on any atom is -0.456 e. The van der Waals surface area contributed by atoms with Gasteiger partial charge in [-0.05, 0) is 58.7 Å². The van der Waals surface area contributed by atoms with Crippen LogP contribution in [-0.2, 0) is 0 Å². The van der Waals surface area contributed by atoms with E-state index >= 15 is 0 Å². The van der Waals surface area contributed by atoms with Gasteiger partial charge in [-0.25, -0.2) is 9.66 Å². The molecule has 0 amide bonds. The fourth-order valence-electron chi connectivity index (χ4n) is 2.02. The quantitative estimate of drug-likeness (QED) is 0.699. The highest BCUT2D eigenvalue weighted by molar-refractivity contribution is 9.10. The molecule has 2 aromatic carbocycles. The van der Waals surface area contributed by atoms with Crippen LogP contribution in [0.5, 0.6) is 11.5 Å². The molecule has 0 aliphatic rings. The van der Waals surface area contributed by atoms with Crippen LogP contribution in [0.25, 0.3) is 0 Å². The van der Waals surface area contributed by atoms with Crippen LogP contribution >= 0.6 is 15.9 Å². The fraction of sp³-hybridized carbons (Fsp3) is 0.0588. The minimum absolute atomic E-state index is 0.363. The zero-order chi connectivity index (χ0) is 16.2. The lowest BCUT2D eigenvalue weighted by atomic mass is 10.2. The number of benzene rings is 2. The maximum Gasteiger partial charge on any atom is 0.221 e. The normalized spacial score (nSPS) is 11.0. The third kappa shape index (κ3) is 3.78. The number of aromatic nitrogens is 2. The summed E-state index contributed by atoms with van der Waals surface area (Å²) in [5.74, 6) is 1.89. The molecule has 0 saturated heterocycles. The number of nitrogens with two attached hydrogens (primary N) is 1. The molecule has 23 heavy (non-hydrogen) atoms. The number of imidazole rings is 1. The summed E-state index contributed by atoms with van der Waals surface area (Å²) in [6.07, 6.45) is 3.49. The lowest BCUT2D eigenvalue weighted by Gasteiger charge is -2.08. The van der Waals surface area contributed by atoms with Crippen molar-refractivity contribution in [2.75, 3.05) is 5.73 Å². The number of rotatable bonds is 4. The number of ether oxygens (including phenoxy) is 1. The number of halogens is 1. The average molecular weight is 371 g/mol. The number of para-hydroxylation sites is 1. The molecule has 3 aromatic rings. The van der Waals surface area contributed by atoms with E-state index in [-0.39, 0.29) is 0 Å². The first-order valence-corrected chi connectivity index (χ1v) is 7.79. The van der Waals surface area contributed by atoms with Crippen molar-refractivity contribution >= 4 is 28.1 Å². The molecule has 0 bridgehead atoms. The standard InChI is InChI=1S/C17H15BrN4O/c1-12-11-22(17(19)21-12)20-10-13-7-8-16(15(18)9-13)23-14-5-3-2-4-6-14/h2-11H,1H3,(H2,19,21). The van der Waals surface area contributed by atoms with Crippen LogP contribution in [-0.4, -0.2) is 15.9 Å². The Morgan fingerprint density at radius 2 is 2.00 bits per heavy atom. The molecule has 0 aliphatic carbocycles. The van der Waals surface area contributed by atoms with Crippen LogP contribution < -0.4 is 10.5 Å². The van der Waals surface area contributed by atoms with Gasteiger partial charge in [0, 0.05) is 0 Å². The fourth-order valence-corrected chi connectivity index (χ4v) is 2.50. The van der Waals surface area contributed by atoms with Crippen molar-refractivity contribution in [2.45, 2.75) is 6.92 Å². The van der Waals surface area contributed by atoms with Gasteiger partial charge in [-0.1, -0.05) is 18.2 Å². The van der Waals surface area contributed by atoms with Crippen LogP contribution in [0.15, 0.2) is 64.3 Å². The molecule has 5 nitrogen and oxygen atoms in total. The Balaban J connectivity index is 1.78. The van der Waals surface area contributed by atoms with Crippen molar-refractivity contribution in [3.63, 3.8) is 0 Å². The molecular weight excluding hydrogens is 356 g/mol. The predicted octanol–water partition coefficient (Wildman–Crippen LogP) is 4.21. The van der Waals surface area contributed by atoms with Gasteiger partial charge < -0.3 is 10.5 Å². The zero-order valence-electron chi connectivity index (χ0n) is 12.5. The van der Waals surface area contributed by atoms with E-state index < -0.39 is 0 Å². The Bertz CT molecular complexity index is 843. The third-order valence-corrected chi connectivity index (χ3v) is 3.71. The number of nitrogens with zero attached hydrogens (tertiary/aromatic N) is 3. The molecule has 1 heterocycles. The Morgan fingerprint density at radius 1 is 1.22 bits per heavy atom. The van der Waals surface area contributed by atoms with Crippen molar-refractivity contribution in [3.05, 3.63) is 70.5 Å². The van der Waals surface area contributed by atoms with Crippen molar-refractivity contribution in [2.24, 2.45) is 5.10 Å². The highest BCUT2D eigenvalue weighted by Gasteiger charge is 2.04. The first-order chi connectivity index (χ1) is 11.1. The number of aryl methyl sites for hydroxylation is 1. The first kappa shape index (κ1) is 15.3. The molecule has 0 aliphatic heterocycles. The highest BCUT2D eigenvalue weighted by atomic mass is 79.9. The zero-order valence-corrected chi connectivity index (χ0v) is 14.1. The molecule has 116 valence electrons. The van der Waals surface area contributed by atoms with Gasteiger partial charge in [0.15, 0.2) is 0 Å². The molecule has 0 fully saturated rings. The number of hydrogen-bond donors (Lipinski definition) is 1. The number of nitrogen functional groups attached to an aromatic ring is 1. The van der Waals surface area contributed by atoms with Gasteiger partial charge in [0.1, 0.15) is 11.5 Å². The molecule has 0 unspecified atom stereocenters. The van der Waals surface area contributed by atoms with Gasteiger partial charge in [0.05, 0.1) is 22.6 Å². The van der Waals surface area contributed by atoms with Crippen molar-refractivity contribution in [1.82, 2.24) is 9.66 Å². The van der Waals surface area contributed by atoms with E-state index in [2.05, 4.69) is 26.0 Å². The summed E-state index contributed by atoms with van der Waals surface area (Å²) < 4.78 is 8.21. The van der Waals surface area contributed by atoms with E-state index in [1.165, 1.54) is 4.68 Å². The molecule has 0 saturated carbocycles. The second kappa shape index (κ2) is 6.66. The van der Waals surface area contributed by atoms with Crippen LogP contribution in [0.3, 0.4) is 0 Å². The molecule has 6 heteroatoms. The average Bonchev–Trinajstić information content (AvgIpc) is 2.86. The van der Waals surface area contributed by atoms with Crippen molar-refractivity contribution in [3.8, 4) is 11.5 Å². The van der Waals surface area contributed by atoms with Gasteiger partial charge in [-0.2, -0.15) is 5.10 Å². The van der Waals surface area contributed by atoms with Gasteiger partial charge in [0.2, 0.25) is 5.95 Å². The predicted molar refractivity (Wildman–Crippen MR) is 95.0 cm³/mol. The summed E-state index contributed by atoms with van der Waals surface area (Å²) >= 11 is 3.52. The largest absolute Gasteiger partial charge is 0.456 e. The number of hydrogen-bond acceptors (Lipinski definition) is 4. The van der Waals surface area contributed by atoms with Crippen LogP contribution in [0.2, 0.25) is 0 Å². The maximum atomic E-state index is 5.82. The number of anilines is 1. The van der Waals surface area contributed by atoms with Crippen molar-refractivity contribution in [1.29, 1.82) is 0 Å². The summed E-state index contributed by atoms with van der Waals surface area (Å²) in [6, 6.07) is 15.4. The Hall–Kier alpha value is -2.60. The topological polar surface area (TPSA) is 65.4 Å². The van der Waals surface area contributed by atoms with Gasteiger partial charge in [0.25, 0.3) is 0 Å². The maximum absolute atomic E-state index is 5.82. The molecule has 1 aromatic heterocycles. The second-order valence-electron chi connectivity index (χ2n) is 4.93. The van der Waals surface area contributed by atoms with Crippen molar-refractivity contribution < 1.29 is 4.74 Å². The first-order valence-electron chi connectivity index (χ1n) is 7.00. The van der Waals surface area contributed by atoms with Crippen LogP contribution in [0.4, 0.5) is 5.95 Å². The highest BCUT2D eigenvalue weighted by Crippen LogP contribution is 2.30. The van der Waals surface area contributed by atoms with E-state index in [4.69, 9.17) is 10.5 Å². The SMILES string of the molecule is Cc1cn(N=Cc2ccc(Oc3ccccc3)c(Br)c2)c(N)n1. The second-order valence-corrected chi connectivity index (χ2v) is 5.79. The molecule has 0 spiro atoms. The summed E-state index contributed by atoms with van der Waals surface area (Å²) in [4.78, 5) is 4.10. The monoisotopic (exact) mass is 370 g/mol. The smallest absolute Gasteiger partial charge is 0.221 e. The molecular formula is C17H15BrN4O. The van der Waals surface area contributed by atoms with E-state index in [0.717, 1.165) is 27.2 Å². The van der Waals surface area contributed by atoms with Gasteiger partial charge >= 0.3 is 0 Å². The third-order valence-electron chi connectivity index (χ3n) is 3.09. The van der Waals surface area contributed by atoms with Gasteiger partial charge in [-0.3, -0.25) is 0 Å². The molecule has 0 radical (unpaired) electrons. The lowest BCUT2D eigenvalue weighted by molar-refractivity contribution is 0.479. The van der Waals surface area contributed by atoms with Gasteiger partial charge in [-0.15, -0.1) is 0 Å². The summed E-state index contributed by atoms with van der Waals surface area (Å²) in [7, 11) is 0. The van der Waals surface area contributed by atoms with E-state index in [9.17, 15) is 0 Å². The van der Waals surface area contributed by atoms with Crippen LogP contribution in [0, 0.1) is 6.92 Å². The van der Waals surface area contributed by atoms with Crippen LogP contribution in [0.1, 0.15) is 11.3 Å². The Kier molecular flexibility index (Phi) is 4.43. The molecule has 0 atom stereocenters. The molecule has 3 rings (SSSR count). The summed E-state index contributed by atoms with van der Waals surface area (Å²) in [5.41, 5.74) is 7.50. The molecule has 2 N–H and O–H groups in total. The Morgan fingerprint density at radius 3 is 2.65 bits per heavy atom. The van der Waals surface area contributed by atoms with E-state index in [0.29, 0.717) is 5.95 Å². The minimum atomic E-state index is 0.363. The summed E-state index contributed by atoms with van der Waals surface area (Å²) in [6.45, 7) is 1.87. The van der Waals surface area contributed by atoms with E-state index in [1.54, 1.807) is 12.4 Å². The Labute approximate surface area is 142 Å². The lowest BCUT2D eigenvalue weighted by Crippen LogP contribution is -1.97. The van der Waals surface area contributed by atoms with E-state index in [1.807, 2.05) is 55.5 Å². The summed E-state index contributed by atoms with van der Waals surface area (Å²) in [5, 5.41) is 4.29.